The lowest BCUT2D eigenvalue weighted by Crippen LogP contribution is -2.32. The smallest absolute Gasteiger partial charge is 0.407 e. The van der Waals surface area contributed by atoms with Crippen molar-refractivity contribution in [3.05, 3.63) is 45.8 Å². The molecule has 0 radical (unpaired) electrons. The van der Waals surface area contributed by atoms with Crippen LogP contribution in [0.4, 0.5) is 14.9 Å². The number of alkyl carbamates (subject to hydrolysis) is 1. The summed E-state index contributed by atoms with van der Waals surface area (Å²) < 4.78 is 18.0. The Morgan fingerprint density at radius 3 is 2.71 bits per heavy atom. The number of carbonyl (C=O) groups is 1. The molecule has 0 unspecified atom stereocenters. The monoisotopic (exact) mass is 296 g/mol. The fourth-order valence-corrected chi connectivity index (χ4v) is 1.46. The molecule has 0 fully saturated rings. The minimum atomic E-state index is -0.675. The second-order valence-electron chi connectivity index (χ2n) is 5.25. The SMILES string of the molecule is CC(C)(C)OC(=O)NCC=Cc1ccc(F)cc1[N+](=O)[O-]. The maximum Gasteiger partial charge on any atom is 0.407 e. The number of amides is 1. The number of nitrogens with zero attached hydrogens (tertiary/aromatic N) is 1. The number of ether oxygens (including phenoxy) is 1. The van der Waals surface area contributed by atoms with Crippen LogP contribution in [0.3, 0.4) is 0 Å². The summed E-state index contributed by atoms with van der Waals surface area (Å²) in [5.74, 6) is -0.675. The van der Waals surface area contributed by atoms with Crippen LogP contribution in [-0.2, 0) is 4.74 Å². The van der Waals surface area contributed by atoms with Gasteiger partial charge in [0, 0.05) is 6.54 Å². The minimum absolute atomic E-state index is 0.142. The number of nitro groups is 1. The van der Waals surface area contributed by atoms with Crippen LogP contribution >= 0.6 is 0 Å². The Labute approximate surface area is 121 Å². The molecular formula is C14H17FN2O4. The van der Waals surface area contributed by atoms with Crippen molar-refractivity contribution < 1.29 is 18.8 Å². The molecule has 0 saturated carbocycles. The highest BCUT2D eigenvalue weighted by Crippen LogP contribution is 2.20. The van der Waals surface area contributed by atoms with Gasteiger partial charge in [0.1, 0.15) is 11.4 Å². The third-order valence-corrected chi connectivity index (χ3v) is 2.25. The lowest BCUT2D eigenvalue weighted by atomic mass is 10.1. The average Bonchev–Trinajstić information content (AvgIpc) is 2.33. The Morgan fingerprint density at radius 1 is 1.48 bits per heavy atom. The predicted molar refractivity (Wildman–Crippen MR) is 76.3 cm³/mol. The van der Waals surface area contributed by atoms with Gasteiger partial charge in [-0.25, -0.2) is 9.18 Å². The quantitative estimate of drug-likeness (QED) is 0.683. The van der Waals surface area contributed by atoms with Gasteiger partial charge >= 0.3 is 6.09 Å². The summed E-state index contributed by atoms with van der Waals surface area (Å²) in [5, 5.41) is 13.3. The molecule has 0 saturated heterocycles. The maximum absolute atomic E-state index is 13.0. The highest BCUT2D eigenvalue weighted by molar-refractivity contribution is 5.68. The van der Waals surface area contributed by atoms with E-state index in [0.717, 1.165) is 12.1 Å². The van der Waals surface area contributed by atoms with Gasteiger partial charge in [0.15, 0.2) is 0 Å². The number of halogens is 1. The van der Waals surface area contributed by atoms with E-state index >= 15 is 0 Å². The van der Waals surface area contributed by atoms with Crippen molar-refractivity contribution in [1.29, 1.82) is 0 Å². The van der Waals surface area contributed by atoms with Crippen LogP contribution in [0.15, 0.2) is 24.3 Å². The maximum atomic E-state index is 13.0. The van der Waals surface area contributed by atoms with Gasteiger partial charge in [0.2, 0.25) is 0 Å². The zero-order valence-corrected chi connectivity index (χ0v) is 12.1. The molecular weight excluding hydrogens is 279 g/mol. The third-order valence-electron chi connectivity index (χ3n) is 2.25. The highest BCUT2D eigenvalue weighted by atomic mass is 19.1. The van der Waals surface area contributed by atoms with Gasteiger partial charge in [-0.1, -0.05) is 12.2 Å². The summed E-state index contributed by atoms with van der Waals surface area (Å²) in [6.07, 6.45) is 2.37. The number of benzene rings is 1. The molecule has 1 aromatic carbocycles. The van der Waals surface area contributed by atoms with Crippen LogP contribution in [0.2, 0.25) is 0 Å². The standard InChI is InChI=1S/C14H17FN2O4/c1-14(2,3)21-13(18)16-8-4-5-10-6-7-11(15)9-12(10)17(19)20/h4-7,9H,8H2,1-3H3,(H,16,18). The molecule has 6 nitrogen and oxygen atoms in total. The van der Waals surface area contributed by atoms with Crippen molar-refractivity contribution >= 4 is 17.9 Å². The average molecular weight is 296 g/mol. The number of nitro benzene ring substituents is 1. The van der Waals surface area contributed by atoms with E-state index in [1.54, 1.807) is 20.8 Å². The molecule has 0 aromatic heterocycles. The molecule has 0 aliphatic rings. The summed E-state index contributed by atoms with van der Waals surface area (Å²) >= 11 is 0. The lowest BCUT2D eigenvalue weighted by Gasteiger charge is -2.19. The molecule has 1 rings (SSSR count). The summed E-state index contributed by atoms with van der Waals surface area (Å²) in [4.78, 5) is 21.5. The number of carbonyl (C=O) groups excluding carboxylic acids is 1. The summed E-state index contributed by atoms with van der Waals surface area (Å²) in [6.45, 7) is 5.36. The topological polar surface area (TPSA) is 81.5 Å². The molecule has 0 atom stereocenters. The van der Waals surface area contributed by atoms with Crippen LogP contribution in [0.1, 0.15) is 26.3 Å². The fourth-order valence-electron chi connectivity index (χ4n) is 1.46. The van der Waals surface area contributed by atoms with Crippen LogP contribution in [-0.4, -0.2) is 23.2 Å². The normalized spacial score (nSPS) is 11.4. The second kappa shape index (κ2) is 6.83. The summed E-state index contributed by atoms with van der Waals surface area (Å²) in [7, 11) is 0. The molecule has 1 amide bonds. The van der Waals surface area contributed by atoms with Gasteiger partial charge < -0.3 is 10.1 Å². The fraction of sp³-hybridized carbons (Fsp3) is 0.357. The second-order valence-corrected chi connectivity index (χ2v) is 5.25. The first-order valence-electron chi connectivity index (χ1n) is 6.26. The van der Waals surface area contributed by atoms with Gasteiger partial charge in [0.25, 0.3) is 5.69 Å². The van der Waals surface area contributed by atoms with Crippen molar-refractivity contribution in [2.75, 3.05) is 6.54 Å². The molecule has 1 N–H and O–H groups in total. The first kappa shape index (κ1) is 16.6. The van der Waals surface area contributed by atoms with Gasteiger partial charge in [-0.05, 0) is 32.9 Å². The van der Waals surface area contributed by atoms with E-state index in [1.807, 2.05) is 0 Å². The van der Waals surface area contributed by atoms with Crippen LogP contribution < -0.4 is 5.32 Å². The Hall–Kier alpha value is -2.44. The Morgan fingerprint density at radius 2 is 2.14 bits per heavy atom. The van der Waals surface area contributed by atoms with Crippen molar-refractivity contribution in [2.45, 2.75) is 26.4 Å². The molecule has 1 aromatic rings. The van der Waals surface area contributed by atoms with E-state index in [0.29, 0.717) is 0 Å². The van der Waals surface area contributed by atoms with E-state index in [1.165, 1.54) is 18.2 Å². The van der Waals surface area contributed by atoms with Gasteiger partial charge in [-0.2, -0.15) is 0 Å². The van der Waals surface area contributed by atoms with E-state index in [2.05, 4.69) is 5.32 Å². The lowest BCUT2D eigenvalue weighted by molar-refractivity contribution is -0.385. The summed E-state index contributed by atoms with van der Waals surface area (Å²) in [6, 6.07) is 3.28. The van der Waals surface area contributed by atoms with E-state index < -0.39 is 22.4 Å². The first-order valence-corrected chi connectivity index (χ1v) is 6.26. The van der Waals surface area contributed by atoms with Crippen molar-refractivity contribution in [3.63, 3.8) is 0 Å². The van der Waals surface area contributed by atoms with E-state index in [9.17, 15) is 19.3 Å². The third kappa shape index (κ3) is 6.03. The first-order chi connectivity index (χ1) is 9.69. The van der Waals surface area contributed by atoms with Crippen molar-refractivity contribution in [2.24, 2.45) is 0 Å². The Balaban J connectivity index is 2.62. The highest BCUT2D eigenvalue weighted by Gasteiger charge is 2.15. The van der Waals surface area contributed by atoms with Crippen LogP contribution in [0.25, 0.3) is 6.08 Å². The minimum Gasteiger partial charge on any atom is -0.444 e. The number of rotatable bonds is 4. The Kier molecular flexibility index (Phi) is 5.40. The molecule has 21 heavy (non-hydrogen) atoms. The molecule has 0 bridgehead atoms. The van der Waals surface area contributed by atoms with Gasteiger partial charge in [-0.15, -0.1) is 0 Å². The molecule has 0 heterocycles. The summed E-state index contributed by atoms with van der Waals surface area (Å²) in [5.41, 5.74) is -0.667. The van der Waals surface area contributed by atoms with E-state index in [4.69, 9.17) is 4.74 Å². The van der Waals surface area contributed by atoms with Crippen molar-refractivity contribution in [1.82, 2.24) is 5.32 Å². The molecule has 7 heteroatoms. The van der Waals surface area contributed by atoms with E-state index in [-0.39, 0.29) is 17.8 Å². The number of hydrogen-bond acceptors (Lipinski definition) is 4. The van der Waals surface area contributed by atoms with Crippen molar-refractivity contribution in [3.8, 4) is 0 Å². The molecule has 114 valence electrons. The molecule has 0 spiro atoms. The predicted octanol–water partition coefficient (Wildman–Crippen LogP) is 3.27. The number of nitrogens with one attached hydrogen (secondary N) is 1. The van der Waals surface area contributed by atoms with Crippen LogP contribution in [0.5, 0.6) is 0 Å². The van der Waals surface area contributed by atoms with Gasteiger partial charge in [-0.3, -0.25) is 10.1 Å². The Bertz CT molecular complexity index is 565. The van der Waals surface area contributed by atoms with Crippen LogP contribution in [0, 0.1) is 15.9 Å². The zero-order chi connectivity index (χ0) is 16.0. The largest absolute Gasteiger partial charge is 0.444 e. The van der Waals surface area contributed by atoms with Gasteiger partial charge in [0.05, 0.1) is 16.6 Å². The molecule has 0 aliphatic heterocycles. The molecule has 0 aliphatic carbocycles. The number of hydrogen-bond donors (Lipinski definition) is 1. The zero-order valence-electron chi connectivity index (χ0n) is 12.1.